The summed E-state index contributed by atoms with van der Waals surface area (Å²) in [6.45, 7) is 1.85. The largest absolute Gasteiger partial charge is 0.299 e. The van der Waals surface area contributed by atoms with Gasteiger partial charge in [-0.3, -0.25) is 9.59 Å². The first kappa shape index (κ1) is 13.6. The Balaban J connectivity index is 3.10. The van der Waals surface area contributed by atoms with E-state index in [1.807, 2.05) is 19.1 Å². The van der Waals surface area contributed by atoms with Crippen LogP contribution in [0.5, 0.6) is 0 Å². The van der Waals surface area contributed by atoms with Crippen LogP contribution in [0.4, 0.5) is 0 Å². The zero-order chi connectivity index (χ0) is 13.5. The van der Waals surface area contributed by atoms with Gasteiger partial charge in [-0.25, -0.2) is 0 Å². The van der Waals surface area contributed by atoms with Gasteiger partial charge in [0.25, 0.3) is 0 Å². The van der Waals surface area contributed by atoms with Gasteiger partial charge in [0.15, 0.2) is 5.78 Å². The van der Waals surface area contributed by atoms with Gasteiger partial charge in [-0.2, -0.15) is 10.5 Å². The van der Waals surface area contributed by atoms with E-state index in [0.717, 1.165) is 0 Å². The van der Waals surface area contributed by atoms with Crippen molar-refractivity contribution in [2.75, 3.05) is 0 Å². The Labute approximate surface area is 105 Å². The highest BCUT2D eigenvalue weighted by atomic mass is 16.1. The van der Waals surface area contributed by atoms with Gasteiger partial charge in [-0.05, 0) is 18.6 Å². The van der Waals surface area contributed by atoms with Crippen molar-refractivity contribution in [1.29, 1.82) is 10.5 Å². The fourth-order valence-corrected chi connectivity index (χ4v) is 1.67. The van der Waals surface area contributed by atoms with Gasteiger partial charge in [0, 0.05) is 6.42 Å². The zero-order valence-corrected chi connectivity index (χ0v) is 10.1. The molecule has 4 heteroatoms. The first-order chi connectivity index (χ1) is 8.63. The molecular weight excluding hydrogens is 228 g/mol. The van der Waals surface area contributed by atoms with Crippen molar-refractivity contribution in [3.8, 4) is 12.1 Å². The summed E-state index contributed by atoms with van der Waals surface area (Å²) in [5.74, 6) is -0.624. The van der Waals surface area contributed by atoms with Crippen LogP contribution >= 0.6 is 0 Å². The minimum absolute atomic E-state index is 0.0620. The van der Waals surface area contributed by atoms with Crippen LogP contribution in [0, 0.1) is 22.7 Å². The fourth-order valence-electron chi connectivity index (χ4n) is 1.67. The summed E-state index contributed by atoms with van der Waals surface area (Å²) >= 11 is 0. The van der Waals surface area contributed by atoms with E-state index in [4.69, 9.17) is 10.5 Å². The minimum Gasteiger partial charge on any atom is -0.299 e. The average Bonchev–Trinajstić information content (AvgIpc) is 2.37. The van der Waals surface area contributed by atoms with E-state index in [9.17, 15) is 9.59 Å². The minimum atomic E-state index is -0.456. The number of hydrogen-bond acceptors (Lipinski definition) is 4. The lowest BCUT2D eigenvalue weighted by atomic mass is 9.95. The second-order valence-electron chi connectivity index (χ2n) is 3.84. The molecule has 1 aromatic carbocycles. The second kappa shape index (κ2) is 6.32. The molecule has 0 aromatic heterocycles. The molecule has 0 amide bonds. The topological polar surface area (TPSA) is 81.7 Å². The first-order valence-electron chi connectivity index (χ1n) is 5.62. The zero-order valence-electron chi connectivity index (χ0n) is 10.1. The molecular formula is C14H12N2O2. The highest BCUT2D eigenvalue weighted by Gasteiger charge is 2.18. The molecule has 18 heavy (non-hydrogen) atoms. The molecule has 0 radical (unpaired) electrons. The number of nitrogens with zero attached hydrogens (tertiary/aromatic N) is 2. The molecule has 0 atom stereocenters. The van der Waals surface area contributed by atoms with E-state index in [1.165, 1.54) is 12.1 Å². The maximum Gasteiger partial charge on any atom is 0.172 e. The third-order valence-corrected chi connectivity index (χ3v) is 2.47. The number of carbonyl (C=O) groups is 2. The van der Waals surface area contributed by atoms with Crippen molar-refractivity contribution in [3.05, 3.63) is 34.9 Å². The molecule has 4 nitrogen and oxygen atoms in total. The van der Waals surface area contributed by atoms with Crippen LogP contribution in [0.25, 0.3) is 0 Å². The third-order valence-electron chi connectivity index (χ3n) is 2.47. The molecule has 90 valence electrons. The van der Waals surface area contributed by atoms with Crippen LogP contribution in [0.2, 0.25) is 0 Å². The maximum absolute atomic E-state index is 12.0. The van der Waals surface area contributed by atoms with Crippen molar-refractivity contribution < 1.29 is 9.59 Å². The quantitative estimate of drug-likeness (QED) is 0.584. The predicted octanol–water partition coefficient (Wildman–Crippen LogP) is 2.37. The van der Waals surface area contributed by atoms with Crippen LogP contribution in [0.15, 0.2) is 18.2 Å². The lowest BCUT2D eigenvalue weighted by Crippen LogP contribution is -2.11. The first-order valence-corrected chi connectivity index (χ1v) is 5.62. The van der Waals surface area contributed by atoms with Crippen LogP contribution < -0.4 is 0 Å². The van der Waals surface area contributed by atoms with Gasteiger partial charge in [0.05, 0.1) is 35.2 Å². The number of carbonyl (C=O) groups excluding carboxylic acids is 2. The summed E-state index contributed by atoms with van der Waals surface area (Å²) in [5.41, 5.74) is 0.346. The number of rotatable bonds is 5. The van der Waals surface area contributed by atoms with Crippen LogP contribution in [0.3, 0.4) is 0 Å². The van der Waals surface area contributed by atoms with E-state index in [1.54, 1.807) is 6.07 Å². The van der Waals surface area contributed by atoms with Gasteiger partial charge in [0.2, 0.25) is 0 Å². The van der Waals surface area contributed by atoms with E-state index < -0.39 is 5.78 Å². The molecule has 0 spiro atoms. The summed E-state index contributed by atoms with van der Waals surface area (Å²) in [7, 11) is 0. The second-order valence-corrected chi connectivity index (χ2v) is 3.84. The predicted molar refractivity (Wildman–Crippen MR) is 64.7 cm³/mol. The van der Waals surface area contributed by atoms with Crippen LogP contribution in [-0.4, -0.2) is 11.6 Å². The van der Waals surface area contributed by atoms with Crippen molar-refractivity contribution >= 4 is 11.6 Å². The number of nitriles is 2. The molecule has 0 saturated carbocycles. The molecule has 0 saturated heterocycles. The van der Waals surface area contributed by atoms with Crippen molar-refractivity contribution in [2.45, 2.75) is 26.2 Å². The Bertz CT molecular complexity index is 530. The molecule has 0 unspecified atom stereocenters. The van der Waals surface area contributed by atoms with Gasteiger partial charge in [0.1, 0.15) is 5.78 Å². The van der Waals surface area contributed by atoms with E-state index in [-0.39, 0.29) is 28.9 Å². The monoisotopic (exact) mass is 240 g/mol. The summed E-state index contributed by atoms with van der Waals surface area (Å²) < 4.78 is 0. The Morgan fingerprint density at radius 3 is 2.17 bits per heavy atom. The molecule has 0 aliphatic heterocycles. The molecule has 0 fully saturated rings. The van der Waals surface area contributed by atoms with E-state index in [2.05, 4.69) is 0 Å². The third kappa shape index (κ3) is 3.02. The number of Topliss-reactive ketones (excluding diaryl/α,β-unsaturated/α-hetero) is 2. The summed E-state index contributed by atoms with van der Waals surface area (Å²) in [4.78, 5) is 23.4. The Morgan fingerprint density at radius 2 is 1.72 bits per heavy atom. The SMILES string of the molecule is CCCC(=O)CC(=O)c1c(C#N)cccc1C#N. The number of hydrogen-bond donors (Lipinski definition) is 0. The molecule has 1 aromatic rings. The number of ketones is 2. The Morgan fingerprint density at radius 1 is 1.17 bits per heavy atom. The Hall–Kier alpha value is -2.46. The molecule has 0 aliphatic carbocycles. The van der Waals surface area contributed by atoms with Crippen LogP contribution in [-0.2, 0) is 4.79 Å². The van der Waals surface area contributed by atoms with E-state index in [0.29, 0.717) is 12.8 Å². The molecule has 1 rings (SSSR count). The van der Waals surface area contributed by atoms with Gasteiger partial charge in [-0.15, -0.1) is 0 Å². The lowest BCUT2D eigenvalue weighted by Gasteiger charge is -2.04. The van der Waals surface area contributed by atoms with Crippen molar-refractivity contribution in [3.63, 3.8) is 0 Å². The van der Waals surface area contributed by atoms with Gasteiger partial charge in [-0.1, -0.05) is 13.0 Å². The highest BCUT2D eigenvalue weighted by molar-refractivity contribution is 6.10. The smallest absolute Gasteiger partial charge is 0.172 e. The maximum atomic E-state index is 12.0. The summed E-state index contributed by atoms with van der Waals surface area (Å²) in [6, 6.07) is 8.23. The molecule has 0 aliphatic rings. The van der Waals surface area contributed by atoms with Crippen LogP contribution in [0.1, 0.15) is 47.7 Å². The Kier molecular flexibility index (Phi) is 4.78. The summed E-state index contributed by atoms with van der Waals surface area (Å²) in [5, 5.41) is 17.9. The average molecular weight is 240 g/mol. The van der Waals surface area contributed by atoms with Gasteiger partial charge >= 0.3 is 0 Å². The van der Waals surface area contributed by atoms with E-state index >= 15 is 0 Å². The number of benzene rings is 1. The van der Waals surface area contributed by atoms with Gasteiger partial charge < -0.3 is 0 Å². The molecule has 0 bridgehead atoms. The highest BCUT2D eigenvalue weighted by Crippen LogP contribution is 2.16. The fraction of sp³-hybridized carbons (Fsp3) is 0.286. The standard InChI is InChI=1S/C14H12N2O2/c1-2-4-12(17)7-13(18)14-10(8-15)5-3-6-11(14)9-16/h3,5-6H,2,4,7H2,1H3. The summed E-state index contributed by atoms with van der Waals surface area (Å²) in [6.07, 6.45) is 0.765. The lowest BCUT2D eigenvalue weighted by molar-refractivity contribution is -0.118. The van der Waals surface area contributed by atoms with Crippen molar-refractivity contribution in [1.82, 2.24) is 0 Å². The van der Waals surface area contributed by atoms with Crippen molar-refractivity contribution in [2.24, 2.45) is 0 Å². The molecule has 0 N–H and O–H groups in total. The molecule has 0 heterocycles. The normalized spacial score (nSPS) is 9.28.